The van der Waals surface area contributed by atoms with Crippen molar-refractivity contribution in [2.45, 2.75) is 6.42 Å². The van der Waals surface area contributed by atoms with Crippen molar-refractivity contribution < 1.29 is 9.32 Å². The molecule has 3 rings (SSSR count). The number of amides is 1. The topological polar surface area (TPSA) is 95.1 Å². The molecule has 0 radical (unpaired) electrons. The number of nitrogens with zero attached hydrogens (tertiary/aromatic N) is 5. The Balaban J connectivity index is 1.77. The number of rotatable bonds is 4. The summed E-state index contributed by atoms with van der Waals surface area (Å²) in [5, 5.41) is 7.54. The first-order valence-electron chi connectivity index (χ1n) is 6.71. The molecule has 0 bridgehead atoms. The van der Waals surface area contributed by atoms with Crippen molar-refractivity contribution in [1.29, 1.82) is 0 Å². The van der Waals surface area contributed by atoms with Gasteiger partial charge >= 0.3 is 0 Å². The van der Waals surface area contributed by atoms with Crippen molar-refractivity contribution in [3.63, 3.8) is 0 Å². The highest BCUT2D eigenvalue weighted by Crippen LogP contribution is 2.29. The van der Waals surface area contributed by atoms with Crippen LogP contribution in [0.2, 0.25) is 0 Å². The number of halogens is 1. The maximum absolute atomic E-state index is 12.0. The number of hydrogen-bond acceptors (Lipinski definition) is 4. The zero-order valence-electron chi connectivity index (χ0n) is 11.5. The standard InChI is InChI=1S/C14H12BrN5O2/c15-11-3-1-10(2-4-11)12-6-14(22-18-12)20-8-9(5-13(20)21)7-17-19-16/h1-4,6,9H,5,7-8H2. The Morgan fingerprint density at radius 1 is 1.45 bits per heavy atom. The highest BCUT2D eigenvalue weighted by molar-refractivity contribution is 9.10. The number of aromatic nitrogens is 1. The Morgan fingerprint density at radius 3 is 2.95 bits per heavy atom. The third kappa shape index (κ3) is 2.98. The van der Waals surface area contributed by atoms with Crippen LogP contribution in [0.4, 0.5) is 5.88 Å². The SMILES string of the molecule is [N-]=[N+]=NCC1CC(=O)N(c2cc(-c3ccc(Br)cc3)no2)C1. The molecule has 8 heteroatoms. The summed E-state index contributed by atoms with van der Waals surface area (Å²) in [5.41, 5.74) is 9.94. The zero-order valence-corrected chi connectivity index (χ0v) is 13.1. The van der Waals surface area contributed by atoms with Crippen molar-refractivity contribution in [2.75, 3.05) is 18.0 Å². The van der Waals surface area contributed by atoms with Crippen LogP contribution in [-0.4, -0.2) is 24.2 Å². The second-order valence-electron chi connectivity index (χ2n) is 5.05. The fourth-order valence-electron chi connectivity index (χ4n) is 2.42. The Hall–Kier alpha value is -2.31. The van der Waals surface area contributed by atoms with Gasteiger partial charge in [0.05, 0.1) is 0 Å². The van der Waals surface area contributed by atoms with Gasteiger partial charge in [-0.15, -0.1) is 0 Å². The Morgan fingerprint density at radius 2 is 2.23 bits per heavy atom. The number of anilines is 1. The molecule has 0 saturated carbocycles. The molecule has 112 valence electrons. The third-order valence-electron chi connectivity index (χ3n) is 3.51. The summed E-state index contributed by atoms with van der Waals surface area (Å²) < 4.78 is 6.28. The van der Waals surface area contributed by atoms with Crippen molar-refractivity contribution in [2.24, 2.45) is 11.0 Å². The first-order valence-corrected chi connectivity index (χ1v) is 7.50. The number of azide groups is 1. The molecule has 1 aliphatic rings. The van der Waals surface area contributed by atoms with Gasteiger partial charge in [-0.25, -0.2) is 0 Å². The lowest BCUT2D eigenvalue weighted by molar-refractivity contribution is -0.117. The van der Waals surface area contributed by atoms with Crippen LogP contribution in [-0.2, 0) is 4.79 Å². The molecule has 1 unspecified atom stereocenters. The van der Waals surface area contributed by atoms with Crippen LogP contribution in [0.15, 0.2) is 44.4 Å². The molecule has 1 saturated heterocycles. The van der Waals surface area contributed by atoms with E-state index in [9.17, 15) is 4.79 Å². The van der Waals surface area contributed by atoms with Crippen molar-refractivity contribution in [1.82, 2.24) is 5.16 Å². The van der Waals surface area contributed by atoms with E-state index >= 15 is 0 Å². The van der Waals surface area contributed by atoms with E-state index in [0.29, 0.717) is 31.1 Å². The van der Waals surface area contributed by atoms with Crippen LogP contribution in [0.25, 0.3) is 21.7 Å². The average Bonchev–Trinajstić information content (AvgIpc) is 3.12. The first-order chi connectivity index (χ1) is 10.7. The first kappa shape index (κ1) is 14.6. The molecular formula is C14H12BrN5O2. The number of hydrogen-bond donors (Lipinski definition) is 0. The summed E-state index contributed by atoms with van der Waals surface area (Å²) in [5.74, 6) is 0.396. The molecule has 0 N–H and O–H groups in total. The van der Waals surface area contributed by atoms with E-state index < -0.39 is 0 Å². The van der Waals surface area contributed by atoms with E-state index in [0.717, 1.165) is 10.0 Å². The van der Waals surface area contributed by atoms with Crippen LogP contribution in [0.3, 0.4) is 0 Å². The van der Waals surface area contributed by atoms with Gasteiger partial charge in [0.15, 0.2) is 0 Å². The predicted molar refractivity (Wildman–Crippen MR) is 84.1 cm³/mol. The lowest BCUT2D eigenvalue weighted by Gasteiger charge is -2.10. The van der Waals surface area contributed by atoms with Gasteiger partial charge < -0.3 is 4.52 Å². The summed E-state index contributed by atoms with van der Waals surface area (Å²) in [4.78, 5) is 16.3. The third-order valence-corrected chi connectivity index (χ3v) is 4.04. The van der Waals surface area contributed by atoms with Gasteiger partial charge in [-0.05, 0) is 23.6 Å². The molecule has 2 heterocycles. The molecule has 1 atom stereocenters. The van der Waals surface area contributed by atoms with Crippen molar-refractivity contribution in [3.8, 4) is 11.3 Å². The second kappa shape index (κ2) is 6.21. The highest BCUT2D eigenvalue weighted by atomic mass is 79.9. The quantitative estimate of drug-likeness (QED) is 0.471. The van der Waals surface area contributed by atoms with E-state index in [1.807, 2.05) is 24.3 Å². The Bertz CT molecular complexity index is 736. The monoisotopic (exact) mass is 361 g/mol. The van der Waals surface area contributed by atoms with Gasteiger partial charge in [0.1, 0.15) is 5.69 Å². The predicted octanol–water partition coefficient (Wildman–Crippen LogP) is 3.77. The van der Waals surface area contributed by atoms with Crippen molar-refractivity contribution >= 4 is 27.7 Å². The van der Waals surface area contributed by atoms with Gasteiger partial charge in [0.2, 0.25) is 11.8 Å². The van der Waals surface area contributed by atoms with Crippen LogP contribution < -0.4 is 4.90 Å². The summed E-state index contributed by atoms with van der Waals surface area (Å²) in [6, 6.07) is 9.42. The maximum atomic E-state index is 12.0. The Kier molecular flexibility index (Phi) is 4.13. The van der Waals surface area contributed by atoms with Gasteiger partial charge in [-0.2, -0.15) is 0 Å². The molecular weight excluding hydrogens is 350 g/mol. The van der Waals surface area contributed by atoms with Gasteiger partial charge in [0.25, 0.3) is 0 Å². The lowest BCUT2D eigenvalue weighted by atomic mass is 10.1. The maximum Gasteiger partial charge on any atom is 0.234 e. The van der Waals surface area contributed by atoms with Crippen LogP contribution in [0.5, 0.6) is 0 Å². The average molecular weight is 362 g/mol. The van der Waals surface area contributed by atoms with E-state index in [4.69, 9.17) is 10.1 Å². The molecule has 1 aliphatic heterocycles. The fraction of sp³-hybridized carbons (Fsp3) is 0.286. The molecule has 1 aromatic heterocycles. The molecule has 1 aromatic carbocycles. The molecule has 7 nitrogen and oxygen atoms in total. The number of benzene rings is 1. The fourth-order valence-corrected chi connectivity index (χ4v) is 2.68. The molecule has 22 heavy (non-hydrogen) atoms. The van der Waals surface area contributed by atoms with Gasteiger partial charge in [0, 0.05) is 40.5 Å². The summed E-state index contributed by atoms with van der Waals surface area (Å²) in [6.45, 7) is 0.791. The molecule has 0 aliphatic carbocycles. The minimum absolute atomic E-state index is 0.0182. The smallest absolute Gasteiger partial charge is 0.234 e. The second-order valence-corrected chi connectivity index (χ2v) is 5.96. The lowest BCUT2D eigenvalue weighted by Crippen LogP contribution is -2.24. The minimum atomic E-state index is -0.0448. The molecule has 2 aromatic rings. The van der Waals surface area contributed by atoms with Crippen LogP contribution in [0, 0.1) is 5.92 Å². The Labute approximate surface area is 134 Å². The number of carbonyl (C=O) groups excluding carboxylic acids is 1. The van der Waals surface area contributed by atoms with E-state index in [-0.39, 0.29) is 11.8 Å². The minimum Gasteiger partial charge on any atom is -0.338 e. The summed E-state index contributed by atoms with van der Waals surface area (Å²) in [7, 11) is 0. The zero-order chi connectivity index (χ0) is 15.5. The highest BCUT2D eigenvalue weighted by Gasteiger charge is 2.32. The number of carbonyl (C=O) groups is 1. The van der Waals surface area contributed by atoms with E-state index in [1.165, 1.54) is 0 Å². The van der Waals surface area contributed by atoms with Crippen LogP contribution in [0.1, 0.15) is 6.42 Å². The van der Waals surface area contributed by atoms with E-state index in [2.05, 4.69) is 31.1 Å². The van der Waals surface area contributed by atoms with Crippen molar-refractivity contribution in [3.05, 3.63) is 45.2 Å². The normalized spacial score (nSPS) is 17.6. The molecule has 1 fully saturated rings. The van der Waals surface area contributed by atoms with Gasteiger partial charge in [-0.3, -0.25) is 9.69 Å². The largest absolute Gasteiger partial charge is 0.338 e. The van der Waals surface area contributed by atoms with E-state index in [1.54, 1.807) is 11.0 Å². The molecule has 1 amide bonds. The molecule has 0 spiro atoms. The summed E-state index contributed by atoms with van der Waals surface area (Å²) in [6.07, 6.45) is 0.355. The summed E-state index contributed by atoms with van der Waals surface area (Å²) >= 11 is 3.38. The van der Waals surface area contributed by atoms with Crippen LogP contribution >= 0.6 is 15.9 Å². The van der Waals surface area contributed by atoms with Gasteiger partial charge in [-0.1, -0.05) is 38.3 Å².